The van der Waals surface area contributed by atoms with E-state index in [0.29, 0.717) is 11.6 Å². The Morgan fingerprint density at radius 1 is 0.854 bits per heavy atom. The molecule has 1 aliphatic rings. The molecule has 13 heteroatoms. The highest BCUT2D eigenvalue weighted by Gasteiger charge is 2.59. The van der Waals surface area contributed by atoms with Crippen LogP contribution in [0.15, 0.2) is 72.8 Å². The average molecular weight is 590 g/mol. The number of amides is 2. The average Bonchev–Trinajstić information content (AvgIpc) is 2.85. The van der Waals surface area contributed by atoms with Crippen molar-refractivity contribution in [2.75, 3.05) is 0 Å². The maximum absolute atomic E-state index is 14.8. The second-order valence-electron chi connectivity index (χ2n) is 9.73. The molecule has 0 spiro atoms. The number of hydrogen-bond donors (Lipinski definition) is 2. The molecule has 1 aliphatic carbocycles. The highest BCUT2D eigenvalue weighted by molar-refractivity contribution is 5.77. The van der Waals surface area contributed by atoms with Crippen LogP contribution in [0, 0.1) is 11.6 Å². The third-order valence-corrected chi connectivity index (χ3v) is 6.95. The molecule has 0 bridgehead atoms. The molecule has 0 radical (unpaired) electrons. The summed E-state index contributed by atoms with van der Waals surface area (Å²) >= 11 is 0. The fourth-order valence-electron chi connectivity index (χ4n) is 4.72. The summed E-state index contributed by atoms with van der Waals surface area (Å²) in [5.41, 5.74) is -4.46. The van der Waals surface area contributed by atoms with Crippen molar-refractivity contribution in [2.24, 2.45) is 0 Å². The Hall–Kier alpha value is -3.90. The Balaban J connectivity index is 1.88. The number of carbonyl (C=O) groups is 1. The van der Waals surface area contributed by atoms with E-state index >= 15 is 0 Å². The molecule has 0 aliphatic heterocycles. The van der Waals surface area contributed by atoms with E-state index in [1.165, 1.54) is 12.1 Å². The van der Waals surface area contributed by atoms with Crippen LogP contribution >= 0.6 is 0 Å². The lowest BCUT2D eigenvalue weighted by atomic mass is 9.75. The first-order chi connectivity index (χ1) is 19.2. The van der Waals surface area contributed by atoms with Crippen molar-refractivity contribution in [2.45, 2.75) is 55.5 Å². The van der Waals surface area contributed by atoms with Gasteiger partial charge in [0.2, 0.25) is 0 Å². The zero-order valence-electron chi connectivity index (χ0n) is 21.1. The quantitative estimate of drug-likeness (QED) is 0.254. The van der Waals surface area contributed by atoms with Crippen LogP contribution in [-0.2, 0) is 12.0 Å². The van der Waals surface area contributed by atoms with Gasteiger partial charge < -0.3 is 15.4 Å². The number of alkyl halides is 7. The van der Waals surface area contributed by atoms with Crippen LogP contribution in [-0.4, -0.2) is 30.3 Å². The van der Waals surface area contributed by atoms with Gasteiger partial charge >= 0.3 is 24.7 Å². The molecule has 4 nitrogen and oxygen atoms in total. The molecule has 3 aromatic rings. The van der Waals surface area contributed by atoms with Gasteiger partial charge in [-0.15, -0.1) is 0 Å². The van der Waals surface area contributed by atoms with Gasteiger partial charge in [0.05, 0.1) is 5.54 Å². The lowest BCUT2D eigenvalue weighted by Crippen LogP contribution is -2.66. The molecule has 220 valence electrons. The van der Waals surface area contributed by atoms with E-state index in [4.69, 9.17) is 0 Å². The normalized spacial score (nSPS) is 16.4. The summed E-state index contributed by atoms with van der Waals surface area (Å²) in [6.45, 7) is 0. The molecular formula is C28H23F9N2O2. The van der Waals surface area contributed by atoms with E-state index in [1.54, 1.807) is 30.3 Å². The number of benzene rings is 3. The van der Waals surface area contributed by atoms with Crippen LogP contribution in [0.2, 0.25) is 0 Å². The maximum atomic E-state index is 14.8. The van der Waals surface area contributed by atoms with Crippen molar-refractivity contribution >= 4 is 6.03 Å². The van der Waals surface area contributed by atoms with Crippen LogP contribution in [0.25, 0.3) is 0 Å². The minimum Gasteiger partial charge on any atom is -0.428 e. The Bertz CT molecular complexity index is 1360. The molecule has 0 aromatic heterocycles. The smallest absolute Gasteiger partial charge is 0.428 e. The van der Waals surface area contributed by atoms with Crippen LogP contribution < -0.4 is 15.4 Å². The standard InChI is InChI=1S/C28H23F9N2O2/c29-20-9-7-18(8-10-20)26(16-17-5-2-1-3-6-17,39-24(40)38-25(11-4-12-25)28(35,36)37)19-13-21(30)15-22(14-19)41-27(33,34)23(31)32/h1-3,5-10,13-15,23H,4,11-12,16H2,(H2,38,39,40)/t26-/m1/s1. The fraction of sp³-hybridized carbons (Fsp3) is 0.321. The summed E-state index contributed by atoms with van der Waals surface area (Å²) in [6, 6.07) is 12.9. The fourth-order valence-corrected chi connectivity index (χ4v) is 4.72. The highest BCUT2D eigenvalue weighted by Crippen LogP contribution is 2.45. The van der Waals surface area contributed by atoms with Crippen molar-refractivity contribution in [1.29, 1.82) is 0 Å². The predicted octanol–water partition coefficient (Wildman–Crippen LogP) is 7.47. The van der Waals surface area contributed by atoms with Gasteiger partial charge in [-0.2, -0.15) is 30.7 Å². The van der Waals surface area contributed by atoms with Crippen molar-refractivity contribution in [1.82, 2.24) is 10.6 Å². The van der Waals surface area contributed by atoms with Gasteiger partial charge in [-0.3, -0.25) is 0 Å². The maximum Gasteiger partial charge on any atom is 0.461 e. The molecular weight excluding hydrogens is 567 g/mol. The van der Waals surface area contributed by atoms with Crippen LogP contribution in [0.1, 0.15) is 36.0 Å². The van der Waals surface area contributed by atoms with Gasteiger partial charge in [-0.25, -0.2) is 13.6 Å². The van der Waals surface area contributed by atoms with E-state index in [2.05, 4.69) is 10.1 Å². The number of urea groups is 1. The minimum absolute atomic E-state index is 0.0183. The summed E-state index contributed by atoms with van der Waals surface area (Å²) in [4.78, 5) is 13.3. The molecule has 1 saturated carbocycles. The second-order valence-corrected chi connectivity index (χ2v) is 9.73. The number of hydrogen-bond acceptors (Lipinski definition) is 2. The zero-order valence-corrected chi connectivity index (χ0v) is 21.1. The number of halogens is 9. The van der Waals surface area contributed by atoms with E-state index in [-0.39, 0.29) is 24.0 Å². The van der Waals surface area contributed by atoms with Crippen molar-refractivity contribution in [3.63, 3.8) is 0 Å². The Morgan fingerprint density at radius 2 is 1.49 bits per heavy atom. The number of carbonyl (C=O) groups excluding carboxylic acids is 1. The summed E-state index contributed by atoms with van der Waals surface area (Å²) in [5, 5.41) is 4.39. The molecule has 1 fully saturated rings. The summed E-state index contributed by atoms with van der Waals surface area (Å²) < 4.78 is 127. The first-order valence-electron chi connectivity index (χ1n) is 12.3. The van der Waals surface area contributed by atoms with Gasteiger partial charge in [-0.05, 0) is 60.2 Å². The first-order valence-corrected chi connectivity index (χ1v) is 12.3. The number of nitrogens with one attached hydrogen (secondary N) is 2. The van der Waals surface area contributed by atoms with E-state index in [1.807, 2.05) is 5.32 Å². The van der Waals surface area contributed by atoms with Gasteiger partial charge in [0.15, 0.2) is 0 Å². The zero-order chi connectivity index (χ0) is 30.1. The van der Waals surface area contributed by atoms with Gasteiger partial charge in [0.1, 0.15) is 22.9 Å². The third kappa shape index (κ3) is 6.38. The van der Waals surface area contributed by atoms with Crippen LogP contribution in [0.3, 0.4) is 0 Å². The SMILES string of the molecule is O=C(NC1(C(F)(F)F)CCC1)N[C@](Cc1ccccc1)(c1ccc(F)cc1)c1cc(F)cc(OC(F)(F)C(F)F)c1. The van der Waals surface area contributed by atoms with Gasteiger partial charge in [0, 0.05) is 12.5 Å². The Labute approximate surface area is 228 Å². The molecule has 41 heavy (non-hydrogen) atoms. The number of ether oxygens (including phenoxy) is 1. The molecule has 4 rings (SSSR count). The summed E-state index contributed by atoms with van der Waals surface area (Å²) in [7, 11) is 0. The second kappa shape index (κ2) is 11.2. The lowest BCUT2D eigenvalue weighted by Gasteiger charge is -2.45. The topological polar surface area (TPSA) is 50.4 Å². The molecule has 2 N–H and O–H groups in total. The largest absolute Gasteiger partial charge is 0.461 e. The van der Waals surface area contributed by atoms with Gasteiger partial charge in [0.25, 0.3) is 0 Å². The van der Waals surface area contributed by atoms with Crippen molar-refractivity contribution in [3.05, 3.63) is 101 Å². The highest BCUT2D eigenvalue weighted by atomic mass is 19.4. The van der Waals surface area contributed by atoms with Crippen LogP contribution in [0.5, 0.6) is 5.75 Å². The van der Waals surface area contributed by atoms with E-state index in [9.17, 15) is 44.3 Å². The van der Waals surface area contributed by atoms with Gasteiger partial charge in [-0.1, -0.05) is 42.5 Å². The third-order valence-electron chi connectivity index (χ3n) is 6.95. The Morgan fingerprint density at radius 3 is 2.02 bits per heavy atom. The molecule has 2 amide bonds. The monoisotopic (exact) mass is 590 g/mol. The molecule has 0 unspecified atom stereocenters. The summed E-state index contributed by atoms with van der Waals surface area (Å²) in [6.07, 6.45) is -15.0. The van der Waals surface area contributed by atoms with Crippen LogP contribution in [0.4, 0.5) is 44.3 Å². The van der Waals surface area contributed by atoms with E-state index in [0.717, 1.165) is 24.3 Å². The first kappa shape index (κ1) is 30.1. The molecule has 0 saturated heterocycles. The van der Waals surface area contributed by atoms with Crippen molar-refractivity contribution in [3.8, 4) is 5.75 Å². The Kier molecular flexibility index (Phi) is 8.19. The van der Waals surface area contributed by atoms with Crippen molar-refractivity contribution < 1.29 is 49.0 Å². The molecule has 1 atom stereocenters. The minimum atomic E-state index is -5.02. The number of rotatable bonds is 9. The molecule has 0 heterocycles. The molecule has 3 aromatic carbocycles. The predicted molar refractivity (Wildman–Crippen MR) is 130 cm³/mol. The lowest BCUT2D eigenvalue weighted by molar-refractivity contribution is -0.253. The summed E-state index contributed by atoms with van der Waals surface area (Å²) in [5.74, 6) is -3.01. The van der Waals surface area contributed by atoms with E-state index < -0.39 is 66.0 Å².